The van der Waals surface area contributed by atoms with E-state index < -0.39 is 0 Å². The molecule has 106 valence electrons. The fraction of sp³-hybridized carbons (Fsp3) is 0.333. The highest BCUT2D eigenvalue weighted by Crippen LogP contribution is 2.22. The van der Waals surface area contributed by atoms with Gasteiger partial charge in [-0.25, -0.2) is 0 Å². The normalized spacial score (nSPS) is 12.2. The van der Waals surface area contributed by atoms with Gasteiger partial charge in [0.05, 0.1) is 7.11 Å². The van der Waals surface area contributed by atoms with Crippen molar-refractivity contribution in [3.8, 4) is 16.9 Å². The van der Waals surface area contributed by atoms with Crippen LogP contribution in [0.5, 0.6) is 5.75 Å². The molecule has 0 fully saturated rings. The second kappa shape index (κ2) is 7.11. The van der Waals surface area contributed by atoms with Crippen LogP contribution in [0.3, 0.4) is 0 Å². The second-order valence-electron chi connectivity index (χ2n) is 5.09. The van der Waals surface area contributed by atoms with Crippen LogP contribution in [-0.2, 0) is 6.42 Å². The van der Waals surface area contributed by atoms with Gasteiger partial charge in [-0.15, -0.1) is 0 Å². The predicted octanol–water partition coefficient (Wildman–Crippen LogP) is 3.90. The van der Waals surface area contributed by atoms with Crippen LogP contribution in [0, 0.1) is 0 Å². The minimum Gasteiger partial charge on any atom is -0.497 e. The summed E-state index contributed by atoms with van der Waals surface area (Å²) in [5.74, 6) is 0.893. The van der Waals surface area contributed by atoms with E-state index in [-0.39, 0.29) is 0 Å². The Bertz CT molecular complexity index is 516. The number of ether oxygens (including phenoxy) is 1. The molecule has 0 saturated heterocycles. The molecule has 0 aliphatic rings. The number of rotatable bonds is 6. The maximum Gasteiger partial charge on any atom is 0.118 e. The van der Waals surface area contributed by atoms with Crippen molar-refractivity contribution in [3.05, 3.63) is 54.1 Å². The van der Waals surface area contributed by atoms with Gasteiger partial charge in [0.25, 0.3) is 0 Å². The van der Waals surface area contributed by atoms with E-state index in [4.69, 9.17) is 4.74 Å². The lowest BCUT2D eigenvalue weighted by Gasteiger charge is -2.12. The van der Waals surface area contributed by atoms with Crippen molar-refractivity contribution in [1.29, 1.82) is 0 Å². The van der Waals surface area contributed by atoms with Gasteiger partial charge >= 0.3 is 0 Å². The first kappa shape index (κ1) is 14.6. The molecule has 0 heterocycles. The van der Waals surface area contributed by atoms with Crippen LogP contribution in [0.2, 0.25) is 0 Å². The average Bonchev–Trinajstić information content (AvgIpc) is 2.48. The summed E-state index contributed by atoms with van der Waals surface area (Å²) < 4.78 is 5.18. The topological polar surface area (TPSA) is 21.3 Å². The fourth-order valence-electron chi connectivity index (χ4n) is 2.39. The van der Waals surface area contributed by atoms with E-state index in [2.05, 4.69) is 55.6 Å². The van der Waals surface area contributed by atoms with E-state index in [1.807, 2.05) is 12.1 Å². The first-order chi connectivity index (χ1) is 9.72. The molecule has 1 atom stereocenters. The summed E-state index contributed by atoms with van der Waals surface area (Å²) in [7, 11) is 1.69. The summed E-state index contributed by atoms with van der Waals surface area (Å²) in [6, 6.07) is 17.5. The third-order valence-electron chi connectivity index (χ3n) is 3.47. The van der Waals surface area contributed by atoms with Gasteiger partial charge in [0.1, 0.15) is 5.75 Å². The van der Waals surface area contributed by atoms with Crippen LogP contribution in [0.4, 0.5) is 0 Å². The molecule has 0 aromatic heterocycles. The molecule has 0 aliphatic heterocycles. The molecule has 0 aliphatic carbocycles. The highest BCUT2D eigenvalue weighted by Gasteiger charge is 2.03. The maximum absolute atomic E-state index is 5.18. The molecule has 0 radical (unpaired) electrons. The van der Waals surface area contributed by atoms with E-state index in [0.29, 0.717) is 6.04 Å². The van der Waals surface area contributed by atoms with Gasteiger partial charge in [0, 0.05) is 6.04 Å². The van der Waals surface area contributed by atoms with Crippen LogP contribution < -0.4 is 10.1 Å². The van der Waals surface area contributed by atoms with Crippen molar-refractivity contribution in [3.63, 3.8) is 0 Å². The van der Waals surface area contributed by atoms with Gasteiger partial charge in [0.2, 0.25) is 0 Å². The smallest absolute Gasteiger partial charge is 0.118 e. The Hall–Kier alpha value is -1.80. The molecule has 1 N–H and O–H groups in total. The fourth-order valence-corrected chi connectivity index (χ4v) is 2.39. The van der Waals surface area contributed by atoms with Crippen molar-refractivity contribution in [1.82, 2.24) is 5.32 Å². The number of likely N-dealkylation sites (N-methyl/N-ethyl adjacent to an activating group) is 1. The van der Waals surface area contributed by atoms with Crippen LogP contribution in [0.1, 0.15) is 19.4 Å². The van der Waals surface area contributed by atoms with E-state index in [0.717, 1.165) is 18.7 Å². The molecular formula is C18H23NO. The number of methoxy groups -OCH3 is 1. The van der Waals surface area contributed by atoms with Crippen LogP contribution >= 0.6 is 0 Å². The molecule has 0 amide bonds. The van der Waals surface area contributed by atoms with E-state index in [1.165, 1.54) is 16.7 Å². The van der Waals surface area contributed by atoms with Crippen molar-refractivity contribution < 1.29 is 4.74 Å². The minimum atomic E-state index is 0.520. The number of nitrogens with one attached hydrogen (secondary N) is 1. The van der Waals surface area contributed by atoms with Crippen molar-refractivity contribution in [2.75, 3.05) is 13.7 Å². The van der Waals surface area contributed by atoms with Gasteiger partial charge in [-0.3, -0.25) is 0 Å². The summed E-state index contributed by atoms with van der Waals surface area (Å²) in [5, 5.41) is 3.44. The first-order valence-corrected chi connectivity index (χ1v) is 7.19. The monoisotopic (exact) mass is 269 g/mol. The standard InChI is InChI=1S/C18H23NO/c1-4-19-14(2)13-15-5-7-16(8-6-15)17-9-11-18(20-3)12-10-17/h5-12,14,19H,4,13H2,1-3H3. The molecule has 1 unspecified atom stereocenters. The molecule has 2 rings (SSSR count). The molecule has 20 heavy (non-hydrogen) atoms. The highest BCUT2D eigenvalue weighted by atomic mass is 16.5. The maximum atomic E-state index is 5.18. The van der Waals surface area contributed by atoms with Crippen molar-refractivity contribution >= 4 is 0 Å². The quantitative estimate of drug-likeness (QED) is 0.858. The van der Waals surface area contributed by atoms with Crippen LogP contribution in [0.25, 0.3) is 11.1 Å². The predicted molar refractivity (Wildman–Crippen MR) is 85.3 cm³/mol. The molecule has 2 aromatic rings. The summed E-state index contributed by atoms with van der Waals surface area (Å²) in [6.07, 6.45) is 1.07. The van der Waals surface area contributed by atoms with E-state index in [9.17, 15) is 0 Å². The Kier molecular flexibility index (Phi) is 5.19. The number of hydrogen-bond acceptors (Lipinski definition) is 2. The molecule has 2 heteroatoms. The lowest BCUT2D eigenvalue weighted by atomic mass is 10.0. The van der Waals surface area contributed by atoms with Crippen molar-refractivity contribution in [2.24, 2.45) is 0 Å². The zero-order valence-electron chi connectivity index (χ0n) is 12.5. The number of hydrogen-bond donors (Lipinski definition) is 1. The van der Waals surface area contributed by atoms with Crippen LogP contribution in [0.15, 0.2) is 48.5 Å². The van der Waals surface area contributed by atoms with Gasteiger partial charge < -0.3 is 10.1 Å². The third-order valence-corrected chi connectivity index (χ3v) is 3.47. The number of benzene rings is 2. The van der Waals surface area contributed by atoms with Gasteiger partial charge in [0.15, 0.2) is 0 Å². The average molecular weight is 269 g/mol. The lowest BCUT2D eigenvalue weighted by molar-refractivity contribution is 0.415. The van der Waals surface area contributed by atoms with Gasteiger partial charge in [-0.05, 0) is 48.7 Å². The SMILES string of the molecule is CCNC(C)Cc1ccc(-c2ccc(OC)cc2)cc1. The molecular weight excluding hydrogens is 246 g/mol. The lowest BCUT2D eigenvalue weighted by Crippen LogP contribution is -2.27. The Labute approximate surface area is 121 Å². The van der Waals surface area contributed by atoms with Crippen molar-refractivity contribution in [2.45, 2.75) is 26.3 Å². The summed E-state index contributed by atoms with van der Waals surface area (Å²) in [6.45, 7) is 5.38. The largest absolute Gasteiger partial charge is 0.497 e. The van der Waals surface area contributed by atoms with Gasteiger partial charge in [-0.1, -0.05) is 43.3 Å². The Morgan fingerprint density at radius 2 is 1.50 bits per heavy atom. The summed E-state index contributed by atoms with van der Waals surface area (Å²) in [4.78, 5) is 0. The Morgan fingerprint density at radius 3 is 2.00 bits per heavy atom. The second-order valence-corrected chi connectivity index (χ2v) is 5.09. The van der Waals surface area contributed by atoms with Gasteiger partial charge in [-0.2, -0.15) is 0 Å². The Morgan fingerprint density at radius 1 is 0.950 bits per heavy atom. The summed E-state index contributed by atoms with van der Waals surface area (Å²) in [5.41, 5.74) is 3.83. The third kappa shape index (κ3) is 3.84. The molecule has 0 spiro atoms. The minimum absolute atomic E-state index is 0.520. The Balaban J connectivity index is 2.07. The highest BCUT2D eigenvalue weighted by molar-refractivity contribution is 5.64. The van der Waals surface area contributed by atoms with E-state index in [1.54, 1.807) is 7.11 Å². The molecule has 2 aromatic carbocycles. The first-order valence-electron chi connectivity index (χ1n) is 7.19. The zero-order valence-corrected chi connectivity index (χ0v) is 12.5. The molecule has 0 bridgehead atoms. The van der Waals surface area contributed by atoms with E-state index >= 15 is 0 Å². The summed E-state index contributed by atoms with van der Waals surface area (Å²) >= 11 is 0. The molecule has 2 nitrogen and oxygen atoms in total. The molecule has 0 saturated carbocycles. The van der Waals surface area contributed by atoms with Crippen LogP contribution in [-0.4, -0.2) is 19.7 Å². The zero-order chi connectivity index (χ0) is 14.4.